The lowest BCUT2D eigenvalue weighted by Gasteiger charge is -1.99. The Kier molecular flexibility index (Phi) is 5.09. The smallest absolute Gasteiger partial charge is 0.00917 e. The molecule has 0 aliphatic rings. The minimum Gasteiger partial charge on any atom is -0.373 e. The first-order valence-corrected chi connectivity index (χ1v) is 3.58. The summed E-state index contributed by atoms with van der Waals surface area (Å²) in [7, 11) is 2.49. The van der Waals surface area contributed by atoms with Crippen molar-refractivity contribution in [1.29, 1.82) is 0 Å². The van der Waals surface area contributed by atoms with Gasteiger partial charge in [0.2, 0.25) is 0 Å². The average Bonchev–Trinajstić information content (AvgIpc) is 1.83. The van der Waals surface area contributed by atoms with Gasteiger partial charge in [-0.2, -0.15) is 0 Å². The predicted octanol–water partition coefficient (Wildman–Crippen LogP) is 2.07. The van der Waals surface area contributed by atoms with Crippen LogP contribution in [0, 0.1) is 0 Å². The maximum absolute atomic E-state index is 3.03. The van der Waals surface area contributed by atoms with E-state index in [1.165, 1.54) is 5.70 Å². The van der Waals surface area contributed by atoms with Crippen molar-refractivity contribution in [3.05, 3.63) is 11.8 Å². The van der Waals surface area contributed by atoms with Gasteiger partial charge in [-0.1, -0.05) is 19.9 Å². The molecular formula is C6H14NP. The van der Waals surface area contributed by atoms with E-state index in [0.29, 0.717) is 0 Å². The topological polar surface area (TPSA) is 12.0 Å². The first-order chi connectivity index (χ1) is 3.85. The van der Waals surface area contributed by atoms with Crippen molar-refractivity contribution in [1.82, 2.24) is 5.09 Å². The Hall–Kier alpha value is -0.0300. The molecule has 0 saturated carbocycles. The van der Waals surface area contributed by atoms with Crippen LogP contribution in [-0.2, 0) is 0 Å². The van der Waals surface area contributed by atoms with Crippen LogP contribution in [0.5, 0.6) is 0 Å². The van der Waals surface area contributed by atoms with Gasteiger partial charge in [-0.25, -0.2) is 0 Å². The Bertz CT molecular complexity index is 72.6. The van der Waals surface area contributed by atoms with Crippen molar-refractivity contribution in [3.63, 3.8) is 0 Å². The molecule has 1 nitrogen and oxygen atoms in total. The van der Waals surface area contributed by atoms with E-state index < -0.39 is 0 Å². The average molecular weight is 131 g/mol. The minimum absolute atomic E-state index is 1.09. The lowest BCUT2D eigenvalue weighted by atomic mass is 10.3. The molecule has 0 aliphatic heterocycles. The predicted molar refractivity (Wildman–Crippen MR) is 41.5 cm³/mol. The second-order valence-electron chi connectivity index (χ2n) is 1.64. The third kappa shape index (κ3) is 3.04. The van der Waals surface area contributed by atoms with E-state index in [1.54, 1.807) is 0 Å². The maximum Gasteiger partial charge on any atom is 0.00917 e. The molecule has 0 aromatic carbocycles. The molecule has 0 spiro atoms. The fourth-order valence-corrected chi connectivity index (χ4v) is 0.874. The summed E-state index contributed by atoms with van der Waals surface area (Å²) >= 11 is 0. The molecular weight excluding hydrogens is 117 g/mol. The lowest BCUT2D eigenvalue weighted by molar-refractivity contribution is 0.989. The van der Waals surface area contributed by atoms with Crippen LogP contribution in [0.1, 0.15) is 26.7 Å². The quantitative estimate of drug-likeness (QED) is 0.578. The van der Waals surface area contributed by atoms with E-state index in [0.717, 1.165) is 12.8 Å². The molecule has 0 aromatic rings. The van der Waals surface area contributed by atoms with Gasteiger partial charge in [-0.3, -0.25) is 0 Å². The molecule has 0 saturated heterocycles. The van der Waals surface area contributed by atoms with Crippen molar-refractivity contribution in [2.45, 2.75) is 26.7 Å². The fourth-order valence-electron chi connectivity index (χ4n) is 0.552. The van der Waals surface area contributed by atoms with Crippen molar-refractivity contribution >= 4 is 9.39 Å². The third-order valence-electron chi connectivity index (χ3n) is 1.02. The van der Waals surface area contributed by atoms with E-state index in [-0.39, 0.29) is 0 Å². The van der Waals surface area contributed by atoms with E-state index in [1.807, 2.05) is 0 Å². The highest BCUT2D eigenvalue weighted by atomic mass is 31.0. The molecule has 0 rings (SSSR count). The van der Waals surface area contributed by atoms with Crippen LogP contribution in [0.15, 0.2) is 11.8 Å². The summed E-state index contributed by atoms with van der Waals surface area (Å²) in [5, 5.41) is 3.03. The highest BCUT2D eigenvalue weighted by Crippen LogP contribution is 1.98. The summed E-state index contributed by atoms with van der Waals surface area (Å²) in [4.78, 5) is 0. The highest BCUT2D eigenvalue weighted by Gasteiger charge is 1.82. The third-order valence-corrected chi connectivity index (χ3v) is 1.39. The van der Waals surface area contributed by atoms with Crippen LogP contribution in [0.4, 0.5) is 0 Å². The number of allylic oxidation sites excluding steroid dienone is 2. The maximum atomic E-state index is 3.03. The Balaban J connectivity index is 3.49. The van der Waals surface area contributed by atoms with Gasteiger partial charge in [0, 0.05) is 5.70 Å². The van der Waals surface area contributed by atoms with E-state index >= 15 is 0 Å². The van der Waals surface area contributed by atoms with Crippen molar-refractivity contribution in [2.24, 2.45) is 0 Å². The van der Waals surface area contributed by atoms with E-state index in [2.05, 4.69) is 34.4 Å². The molecule has 1 N–H and O–H groups in total. The molecule has 0 radical (unpaired) electrons. The molecule has 0 aromatic heterocycles. The fraction of sp³-hybridized carbons (Fsp3) is 0.667. The van der Waals surface area contributed by atoms with E-state index in [4.69, 9.17) is 0 Å². The van der Waals surface area contributed by atoms with Gasteiger partial charge >= 0.3 is 0 Å². The number of hydrogen-bond acceptors (Lipinski definition) is 1. The Labute approximate surface area is 53.8 Å². The molecule has 2 heteroatoms. The van der Waals surface area contributed by atoms with Crippen LogP contribution >= 0.6 is 9.39 Å². The number of nitrogens with one attached hydrogen (secondary N) is 1. The molecule has 0 amide bonds. The van der Waals surface area contributed by atoms with Gasteiger partial charge in [0.1, 0.15) is 0 Å². The molecule has 1 atom stereocenters. The van der Waals surface area contributed by atoms with Crippen molar-refractivity contribution in [3.8, 4) is 0 Å². The molecule has 8 heavy (non-hydrogen) atoms. The number of hydrogen-bond donors (Lipinski definition) is 1. The minimum atomic E-state index is 1.09. The Morgan fingerprint density at radius 3 is 2.38 bits per heavy atom. The largest absolute Gasteiger partial charge is 0.373 e. The van der Waals surface area contributed by atoms with Crippen LogP contribution in [-0.4, -0.2) is 0 Å². The monoisotopic (exact) mass is 131 g/mol. The summed E-state index contributed by atoms with van der Waals surface area (Å²) in [5.41, 5.74) is 1.30. The zero-order chi connectivity index (χ0) is 6.41. The summed E-state index contributed by atoms with van der Waals surface area (Å²) in [6.07, 6.45) is 4.40. The molecule has 0 fully saturated rings. The highest BCUT2D eigenvalue weighted by molar-refractivity contribution is 7.14. The summed E-state index contributed by atoms with van der Waals surface area (Å²) < 4.78 is 0. The van der Waals surface area contributed by atoms with Gasteiger partial charge in [0.05, 0.1) is 0 Å². The zero-order valence-electron chi connectivity index (χ0n) is 5.57. The summed E-state index contributed by atoms with van der Waals surface area (Å²) in [6.45, 7) is 4.27. The number of rotatable bonds is 3. The standard InChI is InChI=1S/C6H14NP/c1-3-5-6(4-2)7-8/h5,7H,3-4,8H2,1-2H3/b6-5+. The Morgan fingerprint density at radius 1 is 1.62 bits per heavy atom. The normalized spacial score (nSPS) is 11.6. The molecule has 48 valence electrons. The first-order valence-electron chi connectivity index (χ1n) is 3.00. The second kappa shape index (κ2) is 5.11. The molecule has 1 unspecified atom stereocenters. The summed E-state index contributed by atoms with van der Waals surface area (Å²) in [6, 6.07) is 0. The zero-order valence-corrected chi connectivity index (χ0v) is 6.72. The van der Waals surface area contributed by atoms with Gasteiger partial charge in [-0.05, 0) is 22.2 Å². The molecule has 0 heterocycles. The first kappa shape index (κ1) is 7.97. The van der Waals surface area contributed by atoms with Gasteiger partial charge < -0.3 is 5.09 Å². The Morgan fingerprint density at radius 2 is 2.25 bits per heavy atom. The lowest BCUT2D eigenvalue weighted by Crippen LogP contribution is -1.94. The van der Waals surface area contributed by atoms with Crippen LogP contribution in [0.25, 0.3) is 0 Å². The van der Waals surface area contributed by atoms with Crippen LogP contribution in [0.3, 0.4) is 0 Å². The van der Waals surface area contributed by atoms with Crippen LogP contribution in [0.2, 0.25) is 0 Å². The SMILES string of the molecule is CC/C=C(\CC)NP. The van der Waals surface area contributed by atoms with Gasteiger partial charge in [0.15, 0.2) is 0 Å². The molecule has 0 bridgehead atoms. The second-order valence-corrected chi connectivity index (χ2v) is 1.92. The van der Waals surface area contributed by atoms with Crippen molar-refractivity contribution < 1.29 is 0 Å². The van der Waals surface area contributed by atoms with Crippen LogP contribution < -0.4 is 5.09 Å². The summed E-state index contributed by atoms with van der Waals surface area (Å²) in [5.74, 6) is 0. The van der Waals surface area contributed by atoms with Gasteiger partial charge in [0.25, 0.3) is 0 Å². The van der Waals surface area contributed by atoms with Gasteiger partial charge in [-0.15, -0.1) is 0 Å². The van der Waals surface area contributed by atoms with Crippen molar-refractivity contribution in [2.75, 3.05) is 0 Å². The molecule has 0 aliphatic carbocycles. The van der Waals surface area contributed by atoms with E-state index in [9.17, 15) is 0 Å².